The predicted molar refractivity (Wildman–Crippen MR) is 75.6 cm³/mol. The molecule has 0 saturated carbocycles. The van der Waals surface area contributed by atoms with Crippen LogP contribution >= 0.6 is 0 Å². The van der Waals surface area contributed by atoms with Gasteiger partial charge in [0.15, 0.2) is 5.82 Å². The largest absolute Gasteiger partial charge is 0.354 e. The van der Waals surface area contributed by atoms with E-state index in [1.807, 2.05) is 31.2 Å². The van der Waals surface area contributed by atoms with Gasteiger partial charge in [0.1, 0.15) is 5.69 Å². The number of rotatable bonds is 5. The molecule has 0 aliphatic rings. The molecule has 0 saturated heterocycles. The van der Waals surface area contributed by atoms with Crippen molar-refractivity contribution in [3.05, 3.63) is 41.8 Å². The minimum Gasteiger partial charge on any atom is -0.354 e. The molecule has 1 aromatic heterocycles. The van der Waals surface area contributed by atoms with Crippen molar-refractivity contribution in [1.82, 2.24) is 9.97 Å². The van der Waals surface area contributed by atoms with Crippen LogP contribution in [0.4, 0.5) is 10.3 Å². The van der Waals surface area contributed by atoms with Crippen LogP contribution < -0.4 is 5.32 Å². The standard InChI is InChI=1S/C15H18FN3/c1-3-5-11-6-8-12(9-7-11)14-13(16)10-18-15(19-14)17-4-2/h6-10H,3-5H2,1-2H3,(H,17,18,19). The highest BCUT2D eigenvalue weighted by molar-refractivity contribution is 5.61. The summed E-state index contributed by atoms with van der Waals surface area (Å²) < 4.78 is 13.8. The van der Waals surface area contributed by atoms with E-state index in [1.165, 1.54) is 11.8 Å². The van der Waals surface area contributed by atoms with Crippen LogP contribution in [-0.4, -0.2) is 16.5 Å². The van der Waals surface area contributed by atoms with Crippen molar-refractivity contribution in [2.75, 3.05) is 11.9 Å². The SMILES string of the molecule is CCCc1ccc(-c2nc(NCC)ncc2F)cc1. The number of halogens is 1. The van der Waals surface area contributed by atoms with Crippen LogP contribution in [0.15, 0.2) is 30.5 Å². The summed E-state index contributed by atoms with van der Waals surface area (Å²) in [4.78, 5) is 8.11. The molecule has 4 heteroatoms. The van der Waals surface area contributed by atoms with Crippen LogP contribution in [-0.2, 0) is 6.42 Å². The Balaban J connectivity index is 2.31. The molecular formula is C15H18FN3. The summed E-state index contributed by atoms with van der Waals surface area (Å²) in [5.41, 5.74) is 2.38. The van der Waals surface area contributed by atoms with Gasteiger partial charge in [-0.25, -0.2) is 14.4 Å². The third-order valence-electron chi connectivity index (χ3n) is 2.85. The van der Waals surface area contributed by atoms with E-state index in [2.05, 4.69) is 22.2 Å². The van der Waals surface area contributed by atoms with Crippen LogP contribution in [0, 0.1) is 5.82 Å². The molecule has 0 unspecified atom stereocenters. The van der Waals surface area contributed by atoms with Crippen molar-refractivity contribution in [2.45, 2.75) is 26.7 Å². The number of aromatic nitrogens is 2. The molecular weight excluding hydrogens is 241 g/mol. The second-order valence-corrected chi connectivity index (χ2v) is 4.37. The van der Waals surface area contributed by atoms with Crippen LogP contribution in [0.1, 0.15) is 25.8 Å². The molecule has 100 valence electrons. The fraction of sp³-hybridized carbons (Fsp3) is 0.333. The lowest BCUT2D eigenvalue weighted by molar-refractivity contribution is 0.618. The van der Waals surface area contributed by atoms with Gasteiger partial charge in [-0.15, -0.1) is 0 Å². The van der Waals surface area contributed by atoms with Gasteiger partial charge in [-0.1, -0.05) is 37.6 Å². The average molecular weight is 259 g/mol. The van der Waals surface area contributed by atoms with Gasteiger partial charge in [0.2, 0.25) is 5.95 Å². The summed E-state index contributed by atoms with van der Waals surface area (Å²) in [7, 11) is 0. The Hall–Kier alpha value is -1.97. The first kappa shape index (κ1) is 13.5. The highest BCUT2D eigenvalue weighted by Crippen LogP contribution is 2.22. The van der Waals surface area contributed by atoms with E-state index in [0.29, 0.717) is 18.2 Å². The van der Waals surface area contributed by atoms with E-state index in [-0.39, 0.29) is 0 Å². The molecule has 0 radical (unpaired) electrons. The number of nitrogens with zero attached hydrogens (tertiary/aromatic N) is 2. The lowest BCUT2D eigenvalue weighted by Gasteiger charge is -2.07. The van der Waals surface area contributed by atoms with Gasteiger partial charge in [-0.2, -0.15) is 0 Å². The molecule has 2 rings (SSSR count). The van der Waals surface area contributed by atoms with E-state index >= 15 is 0 Å². The molecule has 0 bridgehead atoms. The van der Waals surface area contributed by atoms with Crippen molar-refractivity contribution in [2.24, 2.45) is 0 Å². The van der Waals surface area contributed by atoms with E-state index in [4.69, 9.17) is 0 Å². The van der Waals surface area contributed by atoms with Crippen molar-refractivity contribution >= 4 is 5.95 Å². The fourth-order valence-corrected chi connectivity index (χ4v) is 1.93. The first-order valence-electron chi connectivity index (χ1n) is 6.60. The second-order valence-electron chi connectivity index (χ2n) is 4.37. The number of nitrogens with one attached hydrogen (secondary N) is 1. The maximum atomic E-state index is 13.8. The quantitative estimate of drug-likeness (QED) is 0.890. The monoisotopic (exact) mass is 259 g/mol. The number of aryl methyl sites for hydroxylation is 1. The van der Waals surface area contributed by atoms with Gasteiger partial charge in [0.05, 0.1) is 6.20 Å². The summed E-state index contributed by atoms with van der Waals surface area (Å²) in [6.07, 6.45) is 3.35. The minimum atomic E-state index is -0.398. The third-order valence-corrected chi connectivity index (χ3v) is 2.85. The molecule has 0 aliphatic heterocycles. The van der Waals surface area contributed by atoms with Gasteiger partial charge in [-0.3, -0.25) is 0 Å². The van der Waals surface area contributed by atoms with Crippen molar-refractivity contribution in [3.63, 3.8) is 0 Å². The lowest BCUT2D eigenvalue weighted by Crippen LogP contribution is -2.04. The van der Waals surface area contributed by atoms with Gasteiger partial charge >= 0.3 is 0 Å². The molecule has 3 nitrogen and oxygen atoms in total. The molecule has 0 spiro atoms. The average Bonchev–Trinajstić information content (AvgIpc) is 2.43. The van der Waals surface area contributed by atoms with Crippen molar-refractivity contribution < 1.29 is 4.39 Å². The molecule has 0 fully saturated rings. The molecule has 0 aliphatic carbocycles. The highest BCUT2D eigenvalue weighted by atomic mass is 19.1. The molecule has 1 heterocycles. The number of hydrogen-bond donors (Lipinski definition) is 1. The zero-order valence-electron chi connectivity index (χ0n) is 11.3. The van der Waals surface area contributed by atoms with E-state index in [1.54, 1.807) is 0 Å². The zero-order valence-corrected chi connectivity index (χ0v) is 11.3. The Bertz CT molecular complexity index is 538. The van der Waals surface area contributed by atoms with E-state index in [9.17, 15) is 4.39 Å². The molecule has 2 aromatic rings. The Labute approximate surface area is 112 Å². The summed E-state index contributed by atoms with van der Waals surface area (Å²) in [5, 5.41) is 2.99. The van der Waals surface area contributed by atoms with Crippen molar-refractivity contribution in [3.8, 4) is 11.3 Å². The maximum Gasteiger partial charge on any atom is 0.223 e. The minimum absolute atomic E-state index is 0.342. The smallest absolute Gasteiger partial charge is 0.223 e. The summed E-state index contributed by atoms with van der Waals surface area (Å²) in [6.45, 7) is 4.80. The number of hydrogen-bond acceptors (Lipinski definition) is 3. The Morgan fingerprint density at radius 2 is 1.89 bits per heavy atom. The Morgan fingerprint density at radius 1 is 1.16 bits per heavy atom. The zero-order chi connectivity index (χ0) is 13.7. The summed E-state index contributed by atoms with van der Waals surface area (Å²) in [6, 6.07) is 7.86. The van der Waals surface area contributed by atoms with Gasteiger partial charge in [0.25, 0.3) is 0 Å². The highest BCUT2D eigenvalue weighted by Gasteiger charge is 2.09. The van der Waals surface area contributed by atoms with Gasteiger partial charge in [-0.05, 0) is 18.9 Å². The van der Waals surface area contributed by atoms with Gasteiger partial charge in [0, 0.05) is 12.1 Å². The van der Waals surface area contributed by atoms with E-state index < -0.39 is 5.82 Å². The van der Waals surface area contributed by atoms with Gasteiger partial charge < -0.3 is 5.32 Å². The lowest BCUT2D eigenvalue weighted by atomic mass is 10.1. The predicted octanol–water partition coefficient (Wildman–Crippen LogP) is 3.67. The molecule has 0 amide bonds. The Kier molecular flexibility index (Phi) is 4.44. The van der Waals surface area contributed by atoms with Crippen LogP contribution in [0.3, 0.4) is 0 Å². The Morgan fingerprint density at radius 3 is 2.53 bits per heavy atom. The molecule has 1 N–H and O–H groups in total. The maximum absolute atomic E-state index is 13.8. The topological polar surface area (TPSA) is 37.8 Å². The van der Waals surface area contributed by atoms with Crippen LogP contribution in [0.5, 0.6) is 0 Å². The van der Waals surface area contributed by atoms with Crippen LogP contribution in [0.25, 0.3) is 11.3 Å². The third kappa shape index (κ3) is 3.28. The molecule has 0 atom stereocenters. The second kappa shape index (κ2) is 6.27. The van der Waals surface area contributed by atoms with Crippen molar-refractivity contribution in [1.29, 1.82) is 0 Å². The molecule has 19 heavy (non-hydrogen) atoms. The summed E-state index contributed by atoms with van der Waals surface area (Å²) >= 11 is 0. The first-order valence-corrected chi connectivity index (χ1v) is 6.60. The number of benzene rings is 1. The fourth-order valence-electron chi connectivity index (χ4n) is 1.93. The first-order chi connectivity index (χ1) is 9.24. The summed E-state index contributed by atoms with van der Waals surface area (Å²) in [5.74, 6) is 0.0569. The number of anilines is 1. The normalized spacial score (nSPS) is 10.5. The van der Waals surface area contributed by atoms with E-state index in [0.717, 1.165) is 18.4 Å². The van der Waals surface area contributed by atoms with Crippen LogP contribution in [0.2, 0.25) is 0 Å². The molecule has 1 aromatic carbocycles.